The summed E-state index contributed by atoms with van der Waals surface area (Å²) in [4.78, 5) is 6.66. The molecule has 17 heavy (non-hydrogen) atoms. The molecule has 2 aromatic rings. The Morgan fingerprint density at radius 1 is 1.41 bits per heavy atom. The second kappa shape index (κ2) is 5.09. The Bertz CT molecular complexity index is 552. The number of hydrogen-bond acceptors (Lipinski definition) is 4. The number of nitriles is 1. The van der Waals surface area contributed by atoms with E-state index in [1.807, 2.05) is 37.7 Å². The first-order valence-corrected chi connectivity index (χ1v) is 6.16. The molecular formula is C13H13N3S. The van der Waals surface area contributed by atoms with Gasteiger partial charge < -0.3 is 4.90 Å². The van der Waals surface area contributed by atoms with E-state index in [4.69, 9.17) is 5.26 Å². The highest BCUT2D eigenvalue weighted by Gasteiger charge is 2.05. The van der Waals surface area contributed by atoms with Gasteiger partial charge in [0.15, 0.2) is 0 Å². The van der Waals surface area contributed by atoms with Crippen LogP contribution < -0.4 is 0 Å². The number of thiazole rings is 1. The summed E-state index contributed by atoms with van der Waals surface area (Å²) in [5.41, 5.74) is 2.62. The lowest BCUT2D eigenvalue weighted by Crippen LogP contribution is -2.10. The molecule has 0 aliphatic rings. The molecule has 0 aliphatic heterocycles. The molecule has 0 fully saturated rings. The minimum atomic E-state index is 0.671. The van der Waals surface area contributed by atoms with Gasteiger partial charge >= 0.3 is 0 Å². The topological polar surface area (TPSA) is 39.9 Å². The number of hydrogen-bond donors (Lipinski definition) is 0. The van der Waals surface area contributed by atoms with Crippen molar-refractivity contribution in [3.8, 4) is 17.3 Å². The van der Waals surface area contributed by atoms with Crippen LogP contribution in [0, 0.1) is 11.3 Å². The normalized spacial score (nSPS) is 10.5. The molecule has 0 bridgehead atoms. The highest BCUT2D eigenvalue weighted by molar-refractivity contribution is 7.09. The average molecular weight is 243 g/mol. The van der Waals surface area contributed by atoms with E-state index in [-0.39, 0.29) is 0 Å². The van der Waals surface area contributed by atoms with Crippen LogP contribution in [0.5, 0.6) is 0 Å². The lowest BCUT2D eigenvalue weighted by Gasteiger charge is -2.05. The van der Waals surface area contributed by atoms with E-state index in [1.54, 1.807) is 17.4 Å². The fourth-order valence-electron chi connectivity index (χ4n) is 1.53. The first-order valence-electron chi connectivity index (χ1n) is 5.28. The minimum absolute atomic E-state index is 0.671. The molecule has 0 N–H and O–H groups in total. The first kappa shape index (κ1) is 11.8. The van der Waals surface area contributed by atoms with Gasteiger partial charge in [-0.3, -0.25) is 0 Å². The Kier molecular flexibility index (Phi) is 3.52. The summed E-state index contributed by atoms with van der Waals surface area (Å²) in [6, 6.07) is 9.68. The van der Waals surface area contributed by atoms with Gasteiger partial charge in [0.2, 0.25) is 0 Å². The van der Waals surface area contributed by atoms with Gasteiger partial charge in [0.25, 0.3) is 0 Å². The van der Waals surface area contributed by atoms with Crippen molar-refractivity contribution < 1.29 is 0 Å². The lowest BCUT2D eigenvalue weighted by molar-refractivity contribution is 0.402. The van der Waals surface area contributed by atoms with Crippen LogP contribution in [0.15, 0.2) is 29.6 Å². The molecule has 86 valence electrons. The summed E-state index contributed by atoms with van der Waals surface area (Å²) in [5, 5.41) is 12.0. The van der Waals surface area contributed by atoms with Crippen molar-refractivity contribution in [1.82, 2.24) is 9.88 Å². The third-order valence-corrected chi connectivity index (χ3v) is 3.12. The van der Waals surface area contributed by atoms with Crippen molar-refractivity contribution >= 4 is 11.3 Å². The highest BCUT2D eigenvalue weighted by Crippen LogP contribution is 2.23. The Labute approximate surface area is 105 Å². The van der Waals surface area contributed by atoms with E-state index in [1.165, 1.54) is 0 Å². The van der Waals surface area contributed by atoms with E-state index in [9.17, 15) is 0 Å². The van der Waals surface area contributed by atoms with Gasteiger partial charge in [-0.05, 0) is 26.2 Å². The third kappa shape index (κ3) is 2.90. The molecule has 0 spiro atoms. The largest absolute Gasteiger partial charge is 0.303 e. The van der Waals surface area contributed by atoms with Crippen LogP contribution in [0.4, 0.5) is 0 Å². The van der Waals surface area contributed by atoms with E-state index in [0.717, 1.165) is 22.8 Å². The maximum absolute atomic E-state index is 8.86. The Morgan fingerprint density at radius 3 is 2.94 bits per heavy atom. The van der Waals surface area contributed by atoms with Crippen LogP contribution in [0.25, 0.3) is 11.3 Å². The van der Waals surface area contributed by atoms with Gasteiger partial charge in [0.1, 0.15) is 5.01 Å². The number of aromatic nitrogens is 1. The van der Waals surface area contributed by atoms with Gasteiger partial charge in [-0.25, -0.2) is 4.98 Å². The van der Waals surface area contributed by atoms with Crippen LogP contribution in [0.3, 0.4) is 0 Å². The second-order valence-corrected chi connectivity index (χ2v) is 5.00. The SMILES string of the molecule is CN(C)Cc1nc(-c2cccc(C#N)c2)cs1. The molecular weight excluding hydrogens is 230 g/mol. The zero-order chi connectivity index (χ0) is 12.3. The maximum Gasteiger partial charge on any atom is 0.107 e. The quantitative estimate of drug-likeness (QED) is 0.832. The molecule has 3 nitrogen and oxygen atoms in total. The molecule has 2 rings (SSSR count). The van der Waals surface area contributed by atoms with Crippen LogP contribution in [0.1, 0.15) is 10.6 Å². The van der Waals surface area contributed by atoms with Crippen molar-refractivity contribution in [2.75, 3.05) is 14.1 Å². The summed E-state index contributed by atoms with van der Waals surface area (Å²) < 4.78 is 0. The summed E-state index contributed by atoms with van der Waals surface area (Å²) in [6.07, 6.45) is 0. The van der Waals surface area contributed by atoms with E-state index in [0.29, 0.717) is 5.56 Å². The van der Waals surface area contributed by atoms with E-state index in [2.05, 4.69) is 16.0 Å². The molecule has 0 aliphatic carbocycles. The first-order chi connectivity index (χ1) is 8.19. The molecule has 0 saturated heterocycles. The van der Waals surface area contributed by atoms with Crippen LogP contribution >= 0.6 is 11.3 Å². The fourth-order valence-corrected chi connectivity index (χ4v) is 2.45. The van der Waals surface area contributed by atoms with Crippen molar-refractivity contribution in [3.05, 3.63) is 40.2 Å². The lowest BCUT2D eigenvalue weighted by atomic mass is 10.1. The number of nitrogens with zero attached hydrogens (tertiary/aromatic N) is 3. The number of rotatable bonds is 3. The minimum Gasteiger partial charge on any atom is -0.303 e. The average Bonchev–Trinajstić information content (AvgIpc) is 2.77. The Morgan fingerprint density at radius 2 is 2.24 bits per heavy atom. The monoisotopic (exact) mass is 243 g/mol. The standard InChI is InChI=1S/C13H13N3S/c1-16(2)8-13-15-12(9-17-13)11-5-3-4-10(6-11)7-14/h3-6,9H,8H2,1-2H3. The van der Waals surface area contributed by atoms with Crippen molar-refractivity contribution in [1.29, 1.82) is 5.26 Å². The second-order valence-electron chi connectivity index (χ2n) is 4.06. The fraction of sp³-hybridized carbons (Fsp3) is 0.231. The Balaban J connectivity index is 2.27. The summed E-state index contributed by atoms with van der Waals surface area (Å²) in [6.45, 7) is 0.850. The summed E-state index contributed by atoms with van der Waals surface area (Å²) in [7, 11) is 4.05. The predicted molar refractivity (Wildman–Crippen MR) is 69.7 cm³/mol. The van der Waals surface area contributed by atoms with Crippen molar-refractivity contribution in [2.45, 2.75) is 6.54 Å². The molecule has 0 unspecified atom stereocenters. The van der Waals surface area contributed by atoms with Gasteiger partial charge in [-0.15, -0.1) is 11.3 Å². The van der Waals surface area contributed by atoms with Crippen LogP contribution in [-0.2, 0) is 6.54 Å². The number of benzene rings is 1. The van der Waals surface area contributed by atoms with Gasteiger partial charge in [-0.2, -0.15) is 5.26 Å². The maximum atomic E-state index is 8.86. The molecule has 0 atom stereocenters. The summed E-state index contributed by atoms with van der Waals surface area (Å²) in [5.74, 6) is 0. The molecule has 4 heteroatoms. The molecule has 0 radical (unpaired) electrons. The zero-order valence-electron chi connectivity index (χ0n) is 9.84. The van der Waals surface area contributed by atoms with Crippen LogP contribution in [-0.4, -0.2) is 24.0 Å². The van der Waals surface area contributed by atoms with Crippen molar-refractivity contribution in [3.63, 3.8) is 0 Å². The van der Waals surface area contributed by atoms with E-state index >= 15 is 0 Å². The van der Waals surface area contributed by atoms with Gasteiger partial charge in [-0.1, -0.05) is 12.1 Å². The highest BCUT2D eigenvalue weighted by atomic mass is 32.1. The Hall–Kier alpha value is -1.70. The molecule has 0 saturated carbocycles. The summed E-state index contributed by atoms with van der Waals surface area (Å²) >= 11 is 1.65. The molecule has 1 aromatic heterocycles. The molecule has 1 heterocycles. The zero-order valence-corrected chi connectivity index (χ0v) is 10.7. The smallest absolute Gasteiger partial charge is 0.107 e. The van der Waals surface area contributed by atoms with Gasteiger partial charge in [0, 0.05) is 17.5 Å². The van der Waals surface area contributed by atoms with Gasteiger partial charge in [0.05, 0.1) is 17.3 Å². The van der Waals surface area contributed by atoms with Crippen LogP contribution in [0.2, 0.25) is 0 Å². The molecule has 0 amide bonds. The molecule has 1 aromatic carbocycles. The van der Waals surface area contributed by atoms with Crippen molar-refractivity contribution in [2.24, 2.45) is 0 Å². The van der Waals surface area contributed by atoms with E-state index < -0.39 is 0 Å². The third-order valence-electron chi connectivity index (χ3n) is 2.29. The predicted octanol–water partition coefficient (Wildman–Crippen LogP) is 2.74.